The molecule has 0 spiro atoms. The first-order valence-corrected chi connectivity index (χ1v) is 10.5. The summed E-state index contributed by atoms with van der Waals surface area (Å²) in [5.74, 6) is -0.741. The summed E-state index contributed by atoms with van der Waals surface area (Å²) in [7, 11) is 1.34. The Balaban J connectivity index is 1.80. The number of nitrogens with one attached hydrogen (secondary N) is 1. The van der Waals surface area contributed by atoms with Crippen LogP contribution in [0.15, 0.2) is 48.7 Å². The van der Waals surface area contributed by atoms with Gasteiger partial charge in [0.2, 0.25) is 0 Å². The molecular formula is C24H29N3O5. The smallest absolute Gasteiger partial charge is 0.410 e. The Labute approximate surface area is 187 Å². The lowest BCUT2D eigenvalue weighted by molar-refractivity contribution is 0.0164. The van der Waals surface area contributed by atoms with Gasteiger partial charge < -0.3 is 19.7 Å². The van der Waals surface area contributed by atoms with Crippen molar-refractivity contribution < 1.29 is 23.9 Å². The van der Waals surface area contributed by atoms with Crippen molar-refractivity contribution in [3.05, 3.63) is 65.5 Å². The third kappa shape index (κ3) is 6.06. The highest BCUT2D eigenvalue weighted by atomic mass is 16.6. The molecule has 2 aromatic rings. The molecule has 0 bridgehead atoms. The van der Waals surface area contributed by atoms with E-state index in [1.54, 1.807) is 41.4 Å². The molecule has 170 valence electrons. The highest BCUT2D eigenvalue weighted by molar-refractivity contribution is 5.92. The molecule has 2 amide bonds. The number of carbonyl (C=O) groups is 3. The molecule has 32 heavy (non-hydrogen) atoms. The van der Waals surface area contributed by atoms with Gasteiger partial charge >= 0.3 is 12.1 Å². The number of nitrogens with zero attached hydrogens (tertiary/aromatic N) is 2. The van der Waals surface area contributed by atoms with Crippen molar-refractivity contribution in [3.63, 3.8) is 0 Å². The standard InChI is InChI=1S/C24H29N3O5/c1-24(2,3)32-23(30)27-14-18(16-8-10-17(11-9-16)22(29)31-4)13-19(15-27)26-21(28)20-7-5-6-12-25-20/h5-12,18-19H,13-15H2,1-4H3,(H,26,28)/t18-,19+/m0/s1. The molecule has 1 aliphatic heterocycles. The number of amides is 2. The zero-order valence-electron chi connectivity index (χ0n) is 18.8. The summed E-state index contributed by atoms with van der Waals surface area (Å²) in [4.78, 5) is 42.9. The van der Waals surface area contributed by atoms with Crippen LogP contribution in [0.5, 0.6) is 0 Å². The second kappa shape index (κ2) is 9.80. The van der Waals surface area contributed by atoms with Crippen LogP contribution in [-0.4, -0.2) is 59.7 Å². The summed E-state index contributed by atoms with van der Waals surface area (Å²) in [6, 6.07) is 12.0. The molecule has 0 saturated carbocycles. The monoisotopic (exact) mass is 439 g/mol. The van der Waals surface area contributed by atoms with E-state index in [1.807, 2.05) is 32.9 Å². The Hall–Kier alpha value is -3.42. The lowest BCUT2D eigenvalue weighted by Crippen LogP contribution is -2.53. The molecule has 3 rings (SSSR count). The highest BCUT2D eigenvalue weighted by Gasteiger charge is 2.34. The van der Waals surface area contributed by atoms with Gasteiger partial charge in [0.05, 0.1) is 12.7 Å². The van der Waals surface area contributed by atoms with Crippen LogP contribution < -0.4 is 5.32 Å². The first-order chi connectivity index (χ1) is 15.2. The number of likely N-dealkylation sites (tertiary alicyclic amines) is 1. The van der Waals surface area contributed by atoms with Crippen molar-refractivity contribution in [1.29, 1.82) is 0 Å². The van der Waals surface area contributed by atoms with Crippen molar-refractivity contribution in [2.45, 2.75) is 44.8 Å². The number of piperidine rings is 1. The predicted octanol–water partition coefficient (Wildman–Crippen LogP) is 3.39. The number of esters is 1. The van der Waals surface area contributed by atoms with Crippen LogP contribution in [0, 0.1) is 0 Å². The minimum absolute atomic E-state index is 0.0444. The fraction of sp³-hybridized carbons (Fsp3) is 0.417. The molecule has 8 heteroatoms. The summed E-state index contributed by atoms with van der Waals surface area (Å²) < 4.78 is 10.3. The largest absolute Gasteiger partial charge is 0.465 e. The summed E-state index contributed by atoms with van der Waals surface area (Å²) in [6.45, 7) is 6.24. The van der Waals surface area contributed by atoms with Gasteiger partial charge in [0, 0.05) is 31.2 Å². The second-order valence-electron chi connectivity index (χ2n) is 8.82. The number of aromatic nitrogens is 1. The topological polar surface area (TPSA) is 97.8 Å². The lowest BCUT2D eigenvalue weighted by Gasteiger charge is -2.38. The fourth-order valence-corrected chi connectivity index (χ4v) is 3.69. The Morgan fingerprint density at radius 3 is 2.38 bits per heavy atom. The van der Waals surface area contributed by atoms with Crippen LogP contribution in [0.2, 0.25) is 0 Å². The molecule has 2 atom stereocenters. The van der Waals surface area contributed by atoms with Crippen LogP contribution in [0.25, 0.3) is 0 Å². The molecule has 1 fully saturated rings. The summed E-state index contributed by atoms with van der Waals surface area (Å²) in [6.07, 6.45) is 1.77. The van der Waals surface area contributed by atoms with E-state index in [-0.39, 0.29) is 17.9 Å². The van der Waals surface area contributed by atoms with E-state index in [2.05, 4.69) is 10.3 Å². The van der Waals surface area contributed by atoms with Crippen molar-refractivity contribution in [2.24, 2.45) is 0 Å². The van der Waals surface area contributed by atoms with Crippen LogP contribution in [0.4, 0.5) is 4.79 Å². The van der Waals surface area contributed by atoms with E-state index in [0.29, 0.717) is 30.8 Å². The van der Waals surface area contributed by atoms with Crippen LogP contribution in [-0.2, 0) is 9.47 Å². The van der Waals surface area contributed by atoms with Gasteiger partial charge in [-0.2, -0.15) is 0 Å². The summed E-state index contributed by atoms with van der Waals surface area (Å²) in [5, 5.41) is 3.00. The number of hydrogen-bond acceptors (Lipinski definition) is 6. The number of pyridine rings is 1. The lowest BCUT2D eigenvalue weighted by atomic mass is 9.87. The van der Waals surface area contributed by atoms with Gasteiger partial charge in [-0.25, -0.2) is 9.59 Å². The summed E-state index contributed by atoms with van der Waals surface area (Å²) in [5.41, 5.74) is 1.11. The molecule has 8 nitrogen and oxygen atoms in total. The van der Waals surface area contributed by atoms with Gasteiger partial charge in [-0.05, 0) is 57.0 Å². The average molecular weight is 440 g/mol. The number of rotatable bonds is 4. The second-order valence-corrected chi connectivity index (χ2v) is 8.82. The van der Waals surface area contributed by atoms with Crippen molar-refractivity contribution in [3.8, 4) is 0 Å². The Bertz CT molecular complexity index is 954. The predicted molar refractivity (Wildman–Crippen MR) is 118 cm³/mol. The van der Waals surface area contributed by atoms with E-state index >= 15 is 0 Å². The van der Waals surface area contributed by atoms with E-state index in [9.17, 15) is 14.4 Å². The fourth-order valence-electron chi connectivity index (χ4n) is 3.69. The average Bonchev–Trinajstić information content (AvgIpc) is 2.78. The number of benzene rings is 1. The van der Waals surface area contributed by atoms with Crippen molar-refractivity contribution in [1.82, 2.24) is 15.2 Å². The zero-order valence-corrected chi connectivity index (χ0v) is 18.8. The van der Waals surface area contributed by atoms with Gasteiger partial charge in [-0.1, -0.05) is 18.2 Å². The van der Waals surface area contributed by atoms with Gasteiger partial charge in [-0.3, -0.25) is 9.78 Å². The van der Waals surface area contributed by atoms with E-state index in [0.717, 1.165) is 5.56 Å². The maximum absolute atomic E-state index is 12.8. The molecule has 0 radical (unpaired) electrons. The first kappa shape index (κ1) is 23.2. The molecule has 1 N–H and O–H groups in total. The zero-order chi connectivity index (χ0) is 23.3. The Morgan fingerprint density at radius 1 is 1.06 bits per heavy atom. The van der Waals surface area contributed by atoms with Crippen molar-refractivity contribution in [2.75, 3.05) is 20.2 Å². The molecule has 1 aromatic heterocycles. The highest BCUT2D eigenvalue weighted by Crippen LogP contribution is 2.29. The number of hydrogen-bond donors (Lipinski definition) is 1. The van der Waals surface area contributed by atoms with E-state index in [1.165, 1.54) is 7.11 Å². The quantitative estimate of drug-likeness (QED) is 0.734. The first-order valence-electron chi connectivity index (χ1n) is 10.5. The van der Waals surface area contributed by atoms with Crippen molar-refractivity contribution >= 4 is 18.0 Å². The van der Waals surface area contributed by atoms with E-state index < -0.39 is 17.7 Å². The Kier molecular flexibility index (Phi) is 7.12. The number of methoxy groups -OCH3 is 1. The minimum atomic E-state index is -0.626. The van der Waals surface area contributed by atoms with Gasteiger partial charge in [-0.15, -0.1) is 0 Å². The molecular weight excluding hydrogens is 410 g/mol. The minimum Gasteiger partial charge on any atom is -0.465 e. The van der Waals surface area contributed by atoms with Gasteiger partial charge in [0.1, 0.15) is 11.3 Å². The third-order valence-electron chi connectivity index (χ3n) is 5.14. The summed E-state index contributed by atoms with van der Waals surface area (Å²) >= 11 is 0. The SMILES string of the molecule is COC(=O)c1ccc([C@H]2C[C@@H](NC(=O)c3ccccn3)CN(C(=O)OC(C)(C)C)C2)cc1. The molecule has 1 aliphatic rings. The Morgan fingerprint density at radius 2 is 1.78 bits per heavy atom. The molecule has 1 saturated heterocycles. The normalized spacial score (nSPS) is 18.6. The maximum Gasteiger partial charge on any atom is 0.410 e. The van der Waals surface area contributed by atoms with Crippen LogP contribution in [0.3, 0.4) is 0 Å². The molecule has 0 unspecified atom stereocenters. The maximum atomic E-state index is 12.8. The van der Waals surface area contributed by atoms with Crippen LogP contribution in [0.1, 0.15) is 59.5 Å². The number of carbonyl (C=O) groups excluding carboxylic acids is 3. The third-order valence-corrected chi connectivity index (χ3v) is 5.14. The molecule has 0 aliphatic carbocycles. The molecule has 1 aromatic carbocycles. The molecule has 2 heterocycles. The van der Waals surface area contributed by atoms with E-state index in [4.69, 9.17) is 9.47 Å². The van der Waals surface area contributed by atoms with Gasteiger partial charge in [0.25, 0.3) is 5.91 Å². The van der Waals surface area contributed by atoms with Gasteiger partial charge in [0.15, 0.2) is 0 Å². The number of ether oxygens (including phenoxy) is 2. The van der Waals surface area contributed by atoms with Crippen LogP contribution >= 0.6 is 0 Å².